The first-order valence-electron chi connectivity index (χ1n) is 6.81. The first-order valence-corrected chi connectivity index (χ1v) is 8.84. The molecule has 0 bridgehead atoms. The van der Waals surface area contributed by atoms with Crippen LogP contribution in [-0.2, 0) is 4.74 Å². The van der Waals surface area contributed by atoms with Crippen LogP contribution in [0.4, 0.5) is 0 Å². The van der Waals surface area contributed by atoms with Crippen molar-refractivity contribution in [1.82, 2.24) is 5.32 Å². The molecule has 2 heterocycles. The number of carbonyl (C=O) groups is 1. The van der Waals surface area contributed by atoms with Crippen molar-refractivity contribution in [3.05, 3.63) is 21.9 Å². The topological polar surface area (TPSA) is 58.6 Å². The average molecular weight is 315 g/mol. The van der Waals surface area contributed by atoms with E-state index in [0.717, 1.165) is 34.8 Å². The van der Waals surface area contributed by atoms with Crippen molar-refractivity contribution in [2.24, 2.45) is 0 Å². The van der Waals surface area contributed by atoms with Crippen LogP contribution in [0.15, 0.2) is 11.4 Å². The van der Waals surface area contributed by atoms with Crippen LogP contribution in [0.2, 0.25) is 0 Å². The van der Waals surface area contributed by atoms with Crippen LogP contribution >= 0.6 is 23.1 Å². The third kappa shape index (κ3) is 4.22. The molecular weight excluding hydrogens is 294 g/mol. The SMILES string of the molecule is Cc1csc(C(=O)NCC2(OCCO)CCSCC2)c1. The van der Waals surface area contributed by atoms with Gasteiger partial charge in [-0.15, -0.1) is 11.3 Å². The number of amides is 1. The number of hydrogen-bond acceptors (Lipinski definition) is 5. The van der Waals surface area contributed by atoms with Gasteiger partial charge >= 0.3 is 0 Å². The Bertz CT molecular complexity index is 441. The summed E-state index contributed by atoms with van der Waals surface area (Å²) < 4.78 is 5.84. The van der Waals surface area contributed by atoms with E-state index in [4.69, 9.17) is 9.84 Å². The van der Waals surface area contributed by atoms with E-state index < -0.39 is 0 Å². The summed E-state index contributed by atoms with van der Waals surface area (Å²) in [6.45, 7) is 2.85. The van der Waals surface area contributed by atoms with E-state index in [-0.39, 0.29) is 18.1 Å². The molecule has 0 radical (unpaired) electrons. The summed E-state index contributed by atoms with van der Waals surface area (Å²) in [5.41, 5.74) is 0.802. The van der Waals surface area contributed by atoms with Crippen LogP contribution in [0, 0.1) is 6.92 Å². The highest BCUT2D eigenvalue weighted by Crippen LogP contribution is 2.30. The summed E-state index contributed by atoms with van der Waals surface area (Å²) in [7, 11) is 0. The number of ether oxygens (including phenoxy) is 1. The average Bonchev–Trinajstić information content (AvgIpc) is 2.90. The van der Waals surface area contributed by atoms with E-state index in [1.54, 1.807) is 0 Å². The van der Waals surface area contributed by atoms with Gasteiger partial charge < -0.3 is 15.2 Å². The van der Waals surface area contributed by atoms with Crippen LogP contribution in [0.25, 0.3) is 0 Å². The number of carbonyl (C=O) groups excluding carboxylic acids is 1. The van der Waals surface area contributed by atoms with Gasteiger partial charge in [-0.1, -0.05) is 0 Å². The third-order valence-corrected chi connectivity index (χ3v) is 5.46. The zero-order valence-electron chi connectivity index (χ0n) is 11.7. The van der Waals surface area contributed by atoms with Crippen molar-refractivity contribution < 1.29 is 14.6 Å². The summed E-state index contributed by atoms with van der Waals surface area (Å²) in [5.74, 6) is 2.05. The Labute approximate surface area is 127 Å². The van der Waals surface area contributed by atoms with Gasteiger partial charge in [-0.25, -0.2) is 0 Å². The maximum absolute atomic E-state index is 12.1. The molecule has 0 unspecified atom stereocenters. The maximum atomic E-state index is 12.1. The highest BCUT2D eigenvalue weighted by atomic mass is 32.2. The molecule has 2 rings (SSSR count). The number of thioether (sulfide) groups is 1. The molecule has 1 aromatic rings. The fourth-order valence-electron chi connectivity index (χ4n) is 2.26. The van der Waals surface area contributed by atoms with Gasteiger partial charge in [0.2, 0.25) is 0 Å². The number of nitrogens with one attached hydrogen (secondary N) is 1. The van der Waals surface area contributed by atoms with Crippen LogP contribution in [-0.4, -0.2) is 47.9 Å². The summed E-state index contributed by atoms with van der Waals surface area (Å²) >= 11 is 3.38. The number of thiophene rings is 1. The Balaban J connectivity index is 1.92. The molecule has 1 aliphatic rings. The molecule has 1 aromatic heterocycles. The van der Waals surface area contributed by atoms with Gasteiger partial charge in [0.15, 0.2) is 0 Å². The van der Waals surface area contributed by atoms with Crippen LogP contribution in [0.3, 0.4) is 0 Å². The molecule has 0 saturated carbocycles. The predicted molar refractivity (Wildman–Crippen MR) is 83.7 cm³/mol. The number of aliphatic hydroxyl groups is 1. The van der Waals surface area contributed by atoms with E-state index >= 15 is 0 Å². The highest BCUT2D eigenvalue weighted by Gasteiger charge is 2.33. The molecule has 2 N–H and O–H groups in total. The smallest absolute Gasteiger partial charge is 0.261 e. The molecule has 1 amide bonds. The van der Waals surface area contributed by atoms with Gasteiger partial charge in [0.1, 0.15) is 0 Å². The quantitative estimate of drug-likeness (QED) is 0.844. The lowest BCUT2D eigenvalue weighted by Crippen LogP contribution is -2.47. The highest BCUT2D eigenvalue weighted by molar-refractivity contribution is 7.99. The van der Waals surface area contributed by atoms with Crippen molar-refractivity contribution >= 4 is 29.0 Å². The maximum Gasteiger partial charge on any atom is 0.261 e. The number of aryl methyl sites for hydroxylation is 1. The van der Waals surface area contributed by atoms with Crippen molar-refractivity contribution in [3.8, 4) is 0 Å². The van der Waals surface area contributed by atoms with Crippen LogP contribution < -0.4 is 5.32 Å². The number of hydrogen-bond donors (Lipinski definition) is 2. The van der Waals surface area contributed by atoms with E-state index in [9.17, 15) is 4.79 Å². The summed E-state index contributed by atoms with van der Waals surface area (Å²) in [6.07, 6.45) is 1.84. The Kier molecular flexibility index (Phi) is 5.89. The zero-order chi connectivity index (χ0) is 14.4. The second kappa shape index (κ2) is 7.45. The van der Waals surface area contributed by atoms with E-state index in [1.807, 2.05) is 30.1 Å². The minimum atomic E-state index is -0.310. The lowest BCUT2D eigenvalue weighted by atomic mass is 9.96. The Morgan fingerprint density at radius 1 is 1.50 bits per heavy atom. The van der Waals surface area contributed by atoms with E-state index in [2.05, 4.69) is 5.32 Å². The number of aliphatic hydroxyl groups excluding tert-OH is 1. The van der Waals surface area contributed by atoms with Gasteiger partial charge in [0.25, 0.3) is 5.91 Å². The van der Waals surface area contributed by atoms with Crippen molar-refractivity contribution in [2.75, 3.05) is 31.3 Å². The van der Waals surface area contributed by atoms with Gasteiger partial charge in [-0.3, -0.25) is 4.79 Å². The predicted octanol–water partition coefficient (Wildman–Crippen LogP) is 2.06. The molecule has 0 spiro atoms. The monoisotopic (exact) mass is 315 g/mol. The van der Waals surface area contributed by atoms with E-state index in [1.165, 1.54) is 11.3 Å². The Morgan fingerprint density at radius 3 is 2.85 bits per heavy atom. The summed E-state index contributed by atoms with van der Waals surface area (Å²) in [5, 5.41) is 13.9. The first kappa shape index (κ1) is 15.8. The van der Waals surface area contributed by atoms with Gasteiger partial charge in [-0.05, 0) is 48.3 Å². The molecule has 112 valence electrons. The molecule has 0 aromatic carbocycles. The lowest BCUT2D eigenvalue weighted by molar-refractivity contribution is -0.0608. The van der Waals surface area contributed by atoms with Gasteiger partial charge in [0.05, 0.1) is 23.7 Å². The van der Waals surface area contributed by atoms with Crippen molar-refractivity contribution in [3.63, 3.8) is 0 Å². The fraction of sp³-hybridized carbons (Fsp3) is 0.643. The minimum Gasteiger partial charge on any atom is -0.394 e. The third-order valence-electron chi connectivity index (χ3n) is 3.43. The second-order valence-electron chi connectivity index (χ2n) is 5.04. The molecule has 20 heavy (non-hydrogen) atoms. The molecule has 6 heteroatoms. The minimum absolute atomic E-state index is 0.0208. The largest absolute Gasteiger partial charge is 0.394 e. The van der Waals surface area contributed by atoms with Crippen molar-refractivity contribution in [2.45, 2.75) is 25.4 Å². The molecule has 1 fully saturated rings. The second-order valence-corrected chi connectivity index (χ2v) is 7.17. The Morgan fingerprint density at radius 2 is 2.25 bits per heavy atom. The van der Waals surface area contributed by atoms with Crippen LogP contribution in [0.1, 0.15) is 28.1 Å². The van der Waals surface area contributed by atoms with Crippen molar-refractivity contribution in [1.29, 1.82) is 0 Å². The molecule has 0 aliphatic carbocycles. The Hall–Kier alpha value is -0.560. The molecule has 1 saturated heterocycles. The van der Waals surface area contributed by atoms with Gasteiger partial charge in [-0.2, -0.15) is 11.8 Å². The molecular formula is C14H21NO3S2. The zero-order valence-corrected chi connectivity index (χ0v) is 13.3. The van der Waals surface area contributed by atoms with Gasteiger partial charge in [0, 0.05) is 6.54 Å². The van der Waals surface area contributed by atoms with E-state index in [0.29, 0.717) is 13.2 Å². The first-order chi connectivity index (χ1) is 9.65. The summed E-state index contributed by atoms with van der Waals surface area (Å²) in [6, 6.07) is 1.90. The molecule has 0 atom stereocenters. The fourth-order valence-corrected chi connectivity index (χ4v) is 4.31. The number of rotatable bonds is 6. The molecule has 4 nitrogen and oxygen atoms in total. The van der Waals surface area contributed by atoms with Crippen LogP contribution in [0.5, 0.6) is 0 Å². The standard InChI is InChI=1S/C14H21NO3S2/c1-11-8-12(20-9-11)13(17)15-10-14(18-5-4-16)2-6-19-7-3-14/h8-9,16H,2-7,10H2,1H3,(H,15,17). The lowest BCUT2D eigenvalue weighted by Gasteiger charge is -2.37. The summed E-state index contributed by atoms with van der Waals surface area (Å²) in [4.78, 5) is 12.8. The normalized spacial score (nSPS) is 17.9. The molecule has 1 aliphatic heterocycles.